The van der Waals surface area contributed by atoms with Crippen LogP contribution in [0.15, 0.2) is 11.6 Å². The van der Waals surface area contributed by atoms with Crippen LogP contribution in [0.1, 0.15) is 44.9 Å². The molecule has 0 amide bonds. The summed E-state index contributed by atoms with van der Waals surface area (Å²) in [5.74, 6) is -1.03. The first-order valence-electron chi connectivity index (χ1n) is 15.5. The zero-order valence-corrected chi connectivity index (χ0v) is 40.8. The number of piperidine rings is 3. The monoisotopic (exact) mass is 1200 g/mol. The number of halogens is 4. The molecule has 258 valence electrons. The van der Waals surface area contributed by atoms with Gasteiger partial charge in [0.05, 0.1) is 17.8 Å². The van der Waals surface area contributed by atoms with Crippen LogP contribution in [-0.4, -0.2) is 103 Å². The molecule has 0 aromatic heterocycles. The minimum atomic E-state index is -0.326. The van der Waals surface area contributed by atoms with Crippen LogP contribution in [0, 0.1) is 17.8 Å². The van der Waals surface area contributed by atoms with Crippen LogP contribution in [0.25, 0.3) is 21.3 Å². The fourth-order valence-electron chi connectivity index (χ4n) is 4.72. The molecule has 3 saturated heterocycles. The fourth-order valence-corrected chi connectivity index (χ4v) is 4.72. The summed E-state index contributed by atoms with van der Waals surface area (Å²) < 4.78 is 20.5. The predicted molar refractivity (Wildman–Crippen MR) is 203 cm³/mol. The Morgan fingerprint density at radius 1 is 0.565 bits per heavy atom. The Balaban J connectivity index is 0.000000393. The van der Waals surface area contributed by atoms with E-state index < -0.39 is 0 Å². The van der Waals surface area contributed by atoms with E-state index in [1.54, 1.807) is 6.08 Å². The van der Waals surface area contributed by atoms with E-state index in [0.717, 1.165) is 77.8 Å². The molecule has 12 nitrogen and oxygen atoms in total. The molecule has 0 N–H and O–H groups in total. The Hall–Kier alpha value is 1.63. The molecule has 0 radical (unpaired) electrons. The molecular weight excluding hydrogens is 1160 g/mol. The van der Waals surface area contributed by atoms with Crippen molar-refractivity contribution in [3.8, 4) is 0 Å². The first-order valence-corrected chi connectivity index (χ1v) is 51.7. The number of ether oxygens (including phenoxy) is 4. The van der Waals surface area contributed by atoms with E-state index in [9.17, 15) is 19.2 Å². The number of nitrogens with zero attached hydrogens (tertiary/aromatic N) is 4. The first-order chi connectivity index (χ1) is 22.4. The number of esters is 4. The molecule has 3 fully saturated rings. The van der Waals surface area contributed by atoms with Gasteiger partial charge in [-0.3, -0.25) is 14.4 Å². The number of hydrogen-bond acceptors (Lipinski definition) is 8. The maximum atomic E-state index is 11.7. The molecule has 4 rings (SSSR count). The van der Waals surface area contributed by atoms with Gasteiger partial charge in [0.1, 0.15) is 26.4 Å². The van der Waals surface area contributed by atoms with Crippen molar-refractivity contribution in [1.29, 1.82) is 0 Å². The van der Waals surface area contributed by atoms with Crippen LogP contribution in [-0.2, 0) is 58.3 Å². The van der Waals surface area contributed by atoms with Gasteiger partial charge in [0.15, 0.2) is 0 Å². The van der Waals surface area contributed by atoms with Gasteiger partial charge < -0.3 is 40.2 Å². The second-order valence-electron chi connectivity index (χ2n) is 10.3. The van der Waals surface area contributed by atoms with Crippen LogP contribution in [0.2, 0.25) is 0 Å². The quantitative estimate of drug-likeness (QED) is 0.0765. The molecule has 0 atom stereocenters. The summed E-state index contributed by atoms with van der Waals surface area (Å²) in [6.45, 7) is 6.18. The molecule has 0 bridgehead atoms. The summed E-state index contributed by atoms with van der Waals surface area (Å²) in [5, 5.41) is 16.7. The average molecular weight is 1200 g/mol. The van der Waals surface area contributed by atoms with Gasteiger partial charge in [-0.25, -0.2) is 4.79 Å². The third-order valence-electron chi connectivity index (χ3n) is 7.22. The van der Waals surface area contributed by atoms with E-state index in [4.69, 9.17) is 18.9 Å². The Labute approximate surface area is 331 Å². The summed E-state index contributed by atoms with van der Waals surface area (Å²) in [6.07, 6.45) is 7.00. The number of hydrogen-bond donors (Lipinski definition) is 0. The van der Waals surface area contributed by atoms with E-state index in [-0.39, 0.29) is 88.3 Å². The summed E-state index contributed by atoms with van der Waals surface area (Å²) in [7, 11) is 0.130. The first kappa shape index (κ1) is 45.6. The summed E-state index contributed by atoms with van der Waals surface area (Å²) in [5.41, 5.74) is 0.667. The van der Waals surface area contributed by atoms with E-state index >= 15 is 0 Å². The van der Waals surface area contributed by atoms with E-state index in [2.05, 4.69) is 100 Å². The maximum absolute atomic E-state index is 11.7. The molecule has 0 unspecified atom stereocenters. The van der Waals surface area contributed by atoms with Crippen LogP contribution < -0.4 is 0 Å². The Bertz CT molecular complexity index is 862. The molecule has 0 saturated carbocycles. The van der Waals surface area contributed by atoms with Gasteiger partial charge in [-0.15, -0.1) is 52.4 Å². The van der Waals surface area contributed by atoms with Crippen molar-refractivity contribution in [2.24, 2.45) is 17.8 Å². The van der Waals surface area contributed by atoms with Crippen molar-refractivity contribution in [2.45, 2.75) is 44.9 Å². The third kappa shape index (κ3) is 22.4. The van der Waals surface area contributed by atoms with Gasteiger partial charge in [-0.1, -0.05) is 44.6 Å². The normalized spacial score (nSPS) is 18.5. The van der Waals surface area contributed by atoms with Crippen LogP contribution >= 0.6 is 79.0 Å². The predicted octanol–water partition coefficient (Wildman–Crippen LogP) is 6.74. The summed E-state index contributed by atoms with van der Waals surface area (Å²) >= 11 is 9.85. The zero-order chi connectivity index (χ0) is 33.8. The van der Waals surface area contributed by atoms with E-state index in [1.807, 2.05) is 0 Å². The number of rotatable bonds is 10. The number of carbonyl (C=O) groups excluding carboxylic acids is 4. The second-order valence-corrected chi connectivity index (χ2v) is 57.3. The van der Waals surface area contributed by atoms with Crippen LogP contribution in [0.5, 0.6) is 0 Å². The average Bonchev–Trinajstić information content (AvgIpc) is 3.10. The second kappa shape index (κ2) is 31.4. The van der Waals surface area contributed by atoms with Crippen molar-refractivity contribution in [1.82, 2.24) is 0 Å². The van der Waals surface area contributed by atoms with Crippen LogP contribution in [0.3, 0.4) is 0 Å². The third-order valence-corrected chi connectivity index (χ3v) is 7.22. The van der Waals surface area contributed by atoms with Crippen molar-refractivity contribution in [3.63, 3.8) is 0 Å². The summed E-state index contributed by atoms with van der Waals surface area (Å²) in [6, 6.07) is 0. The Kier molecular flexibility index (Phi) is 31.1. The molecule has 4 aliphatic heterocycles. The minimum absolute atomic E-state index is 0.0387. The van der Waals surface area contributed by atoms with Crippen molar-refractivity contribution >= 4 is 103 Å². The topological polar surface area (TPSA) is 162 Å². The Morgan fingerprint density at radius 3 is 1.20 bits per heavy atom. The van der Waals surface area contributed by atoms with E-state index in [0.29, 0.717) is 25.1 Å². The molecule has 0 spiro atoms. The number of carbonyl (C=O) groups is 4. The standard InChI is InChI=1S/C14H22N2O4.C14H20N2O4.4HI.2Zn/c2*17-13(11-1-5-15-6-2-11)19-9-10-20-14(18)12-3-7-16-8-4-12;;;;;;/h11-12H,1-10H2;1,12H,2-10H2;4*1H;;/q2*-2;;;;;2*+2/p-4. The molecule has 4 heterocycles. The SMILES string of the molecule is O=C(OCCOC(=O)C1CC[N-]CC1)C1=CC[N-]CC1.O=C(OCCOC(=O)C1CC[N-]CC1)C1CC[N-]CC1.[I][Zn][I].[I][Zn][I]. The molecule has 0 aromatic carbocycles. The molecular formula is C28H42I4N4O8Zn2-4. The molecule has 4 aliphatic rings. The molecule has 46 heavy (non-hydrogen) atoms. The van der Waals surface area contributed by atoms with Gasteiger partial charge in [0.2, 0.25) is 0 Å². The van der Waals surface area contributed by atoms with Crippen molar-refractivity contribution in [3.05, 3.63) is 32.9 Å². The zero-order valence-electron chi connectivity index (χ0n) is 26.2. The molecule has 0 aliphatic carbocycles. The summed E-state index contributed by atoms with van der Waals surface area (Å²) in [4.78, 5) is 46.8. The van der Waals surface area contributed by atoms with Gasteiger partial charge in [0, 0.05) is 5.57 Å². The Morgan fingerprint density at radius 2 is 0.891 bits per heavy atom. The molecule has 18 heteroatoms. The van der Waals surface area contributed by atoms with Gasteiger partial charge in [0.25, 0.3) is 0 Å². The van der Waals surface area contributed by atoms with Crippen molar-refractivity contribution in [2.75, 3.05) is 78.8 Å². The van der Waals surface area contributed by atoms with Gasteiger partial charge >= 0.3 is 123 Å². The van der Waals surface area contributed by atoms with E-state index in [1.165, 1.54) is 0 Å². The van der Waals surface area contributed by atoms with Crippen molar-refractivity contribution < 1.29 is 58.3 Å². The van der Waals surface area contributed by atoms with Gasteiger partial charge in [-0.05, 0) is 6.42 Å². The van der Waals surface area contributed by atoms with Gasteiger partial charge in [-0.2, -0.15) is 0 Å². The van der Waals surface area contributed by atoms with Crippen LogP contribution in [0.4, 0.5) is 0 Å². The fraction of sp³-hybridized carbons (Fsp3) is 0.786. The molecule has 0 aromatic rings.